The smallest absolute Gasteiger partial charge is 0.186 e. The van der Waals surface area contributed by atoms with Gasteiger partial charge in [0.15, 0.2) is 17.0 Å². The zero-order valence-electron chi connectivity index (χ0n) is 12.7. The number of benzene rings is 1. The number of carbonyl (C=O) groups is 1. The first-order valence-electron chi connectivity index (χ1n) is 7.99. The number of rotatable bonds is 5. The van der Waals surface area contributed by atoms with Gasteiger partial charge < -0.3 is 10.1 Å². The maximum absolute atomic E-state index is 14.2. The van der Waals surface area contributed by atoms with Crippen molar-refractivity contribution in [3.8, 4) is 5.06 Å². The first-order valence-corrected chi connectivity index (χ1v) is 8.81. The van der Waals surface area contributed by atoms with Gasteiger partial charge in [-0.25, -0.2) is 4.39 Å². The number of ketones is 1. The van der Waals surface area contributed by atoms with Crippen molar-refractivity contribution in [3.05, 3.63) is 52.2 Å². The molecule has 23 heavy (non-hydrogen) atoms. The van der Waals surface area contributed by atoms with Crippen molar-refractivity contribution in [2.45, 2.75) is 31.9 Å². The Bertz CT molecular complexity index is 715. The topological polar surface area (TPSA) is 38.3 Å². The van der Waals surface area contributed by atoms with Gasteiger partial charge in [0.05, 0.1) is 0 Å². The van der Waals surface area contributed by atoms with E-state index < -0.39 is 6.10 Å². The number of halogens is 1. The summed E-state index contributed by atoms with van der Waals surface area (Å²) in [6.07, 6.45) is 1.91. The third-order valence-electron chi connectivity index (χ3n) is 4.38. The van der Waals surface area contributed by atoms with Crippen molar-refractivity contribution in [1.29, 1.82) is 0 Å². The number of fused-ring (bicyclic) bond motifs is 1. The van der Waals surface area contributed by atoms with Crippen molar-refractivity contribution in [3.63, 3.8) is 0 Å². The van der Waals surface area contributed by atoms with Gasteiger partial charge in [0.25, 0.3) is 0 Å². The number of ether oxygens (including phenoxy) is 1. The highest BCUT2D eigenvalue weighted by Crippen LogP contribution is 2.39. The average Bonchev–Trinajstić information content (AvgIpc) is 3.32. The Morgan fingerprint density at radius 2 is 2.17 bits per heavy atom. The molecule has 0 saturated heterocycles. The summed E-state index contributed by atoms with van der Waals surface area (Å²) >= 11 is 1.58. The Hall–Kier alpha value is -1.72. The van der Waals surface area contributed by atoms with E-state index in [0.717, 1.165) is 32.4 Å². The molecule has 3 nitrogen and oxygen atoms in total. The number of hydrogen-bond donors (Lipinski definition) is 1. The number of Topliss-reactive ketones (excluding diaryl/α,β-unsaturated/α-hetero) is 1. The van der Waals surface area contributed by atoms with Gasteiger partial charge in [-0.15, -0.1) is 11.3 Å². The van der Waals surface area contributed by atoms with Gasteiger partial charge in [-0.1, -0.05) is 18.2 Å². The maximum Gasteiger partial charge on any atom is 0.186 e. The quantitative estimate of drug-likeness (QED) is 0.909. The third-order valence-corrected chi connectivity index (χ3v) is 5.51. The van der Waals surface area contributed by atoms with E-state index in [1.165, 1.54) is 16.5 Å². The monoisotopic (exact) mass is 331 g/mol. The van der Waals surface area contributed by atoms with Crippen molar-refractivity contribution in [2.75, 3.05) is 6.54 Å². The van der Waals surface area contributed by atoms with E-state index in [2.05, 4.69) is 5.32 Å². The fraction of sp³-hybridized carbons (Fsp3) is 0.389. The maximum atomic E-state index is 14.2. The van der Waals surface area contributed by atoms with Gasteiger partial charge in [-0.3, -0.25) is 4.79 Å². The van der Waals surface area contributed by atoms with Gasteiger partial charge in [0.1, 0.15) is 5.82 Å². The van der Waals surface area contributed by atoms with Crippen LogP contribution in [0.1, 0.15) is 34.9 Å². The van der Waals surface area contributed by atoms with E-state index in [1.807, 2.05) is 6.07 Å². The lowest BCUT2D eigenvalue weighted by atomic mass is 10.0. The summed E-state index contributed by atoms with van der Waals surface area (Å²) in [5.74, 6) is -0.357. The predicted molar refractivity (Wildman–Crippen MR) is 87.2 cm³/mol. The van der Waals surface area contributed by atoms with Crippen LogP contribution in [0.2, 0.25) is 0 Å². The first-order chi connectivity index (χ1) is 11.2. The van der Waals surface area contributed by atoms with E-state index in [9.17, 15) is 9.18 Å². The van der Waals surface area contributed by atoms with E-state index in [-0.39, 0.29) is 17.5 Å². The number of carbonyl (C=O) groups excluding carboxylic acids is 1. The summed E-state index contributed by atoms with van der Waals surface area (Å²) in [7, 11) is 0. The molecule has 1 fully saturated rings. The van der Waals surface area contributed by atoms with Crippen molar-refractivity contribution < 1.29 is 13.9 Å². The minimum atomic E-state index is -0.836. The summed E-state index contributed by atoms with van der Waals surface area (Å²) < 4.78 is 20.2. The normalized spacial score (nSPS) is 18.3. The van der Waals surface area contributed by atoms with Gasteiger partial charge in [0.2, 0.25) is 0 Å². The molecule has 1 atom stereocenters. The number of nitrogens with one attached hydrogen (secondary N) is 1. The summed E-state index contributed by atoms with van der Waals surface area (Å²) in [6, 6.07) is 8.40. The Morgan fingerprint density at radius 3 is 2.91 bits per heavy atom. The summed E-state index contributed by atoms with van der Waals surface area (Å²) in [5.41, 5.74) is 1.57. The van der Waals surface area contributed by atoms with Crippen molar-refractivity contribution in [2.24, 2.45) is 5.92 Å². The molecule has 1 N–H and O–H groups in total. The number of hydrogen-bond acceptors (Lipinski definition) is 4. The molecule has 4 rings (SSSR count). The second kappa shape index (κ2) is 6.06. The first kappa shape index (κ1) is 14.8. The van der Waals surface area contributed by atoms with Crippen LogP contribution in [0.15, 0.2) is 30.3 Å². The summed E-state index contributed by atoms with van der Waals surface area (Å²) in [4.78, 5) is 13.9. The van der Waals surface area contributed by atoms with Crippen LogP contribution in [0.5, 0.6) is 5.06 Å². The Balaban J connectivity index is 1.64. The van der Waals surface area contributed by atoms with Crippen LogP contribution in [-0.4, -0.2) is 12.3 Å². The molecule has 0 spiro atoms. The van der Waals surface area contributed by atoms with Gasteiger partial charge >= 0.3 is 0 Å². The minimum Gasteiger partial charge on any atom is -0.468 e. The lowest BCUT2D eigenvalue weighted by Gasteiger charge is -2.17. The molecule has 5 heteroatoms. The van der Waals surface area contributed by atoms with Gasteiger partial charge in [0, 0.05) is 29.4 Å². The molecule has 2 heterocycles. The zero-order chi connectivity index (χ0) is 15.8. The molecular weight excluding hydrogens is 313 g/mol. The Morgan fingerprint density at radius 1 is 1.35 bits per heavy atom. The standard InChI is InChI=1S/C18H18FNO2S/c19-14-4-2-1-3-13(14)18(17(21)11-5-6-11)22-16-9-12-10-20-8-7-15(12)23-16/h1-4,9,11,18,20H,5-8,10H2. The Kier molecular flexibility index (Phi) is 3.91. The third kappa shape index (κ3) is 3.03. The minimum absolute atomic E-state index is 0.000373. The highest BCUT2D eigenvalue weighted by molar-refractivity contribution is 7.14. The van der Waals surface area contributed by atoms with E-state index in [1.54, 1.807) is 29.5 Å². The van der Waals surface area contributed by atoms with Crippen LogP contribution < -0.4 is 10.1 Å². The molecule has 120 valence electrons. The van der Waals surface area contributed by atoms with Gasteiger partial charge in [-0.2, -0.15) is 0 Å². The lowest BCUT2D eigenvalue weighted by Crippen LogP contribution is -2.21. The fourth-order valence-electron chi connectivity index (χ4n) is 2.94. The van der Waals surface area contributed by atoms with Crippen LogP contribution in [0.3, 0.4) is 0 Å². The van der Waals surface area contributed by atoms with E-state index >= 15 is 0 Å². The molecule has 1 aliphatic carbocycles. The molecule has 0 amide bonds. The van der Waals surface area contributed by atoms with E-state index in [0.29, 0.717) is 10.6 Å². The van der Waals surface area contributed by atoms with Crippen LogP contribution >= 0.6 is 11.3 Å². The average molecular weight is 331 g/mol. The second-order valence-corrected chi connectivity index (χ2v) is 7.24. The highest BCUT2D eigenvalue weighted by atomic mass is 32.1. The zero-order valence-corrected chi connectivity index (χ0v) is 13.5. The molecule has 0 bridgehead atoms. The summed E-state index contributed by atoms with van der Waals surface area (Å²) in [5, 5.41) is 4.03. The fourth-order valence-corrected chi connectivity index (χ4v) is 4.00. The predicted octanol–water partition coefficient (Wildman–Crippen LogP) is 3.63. The van der Waals surface area contributed by atoms with Gasteiger partial charge in [-0.05, 0) is 37.0 Å². The molecule has 1 aliphatic heterocycles. The van der Waals surface area contributed by atoms with Crippen LogP contribution in [0, 0.1) is 11.7 Å². The summed E-state index contributed by atoms with van der Waals surface area (Å²) in [6.45, 7) is 1.79. The molecule has 1 aromatic carbocycles. The van der Waals surface area contributed by atoms with Crippen LogP contribution in [-0.2, 0) is 17.8 Å². The molecule has 1 aromatic heterocycles. The second-order valence-electron chi connectivity index (χ2n) is 6.14. The Labute approximate surface area is 138 Å². The molecular formula is C18H18FNO2S. The van der Waals surface area contributed by atoms with Crippen molar-refractivity contribution >= 4 is 17.1 Å². The SMILES string of the molecule is O=C(C1CC1)C(Oc1cc2c(s1)CCNC2)c1ccccc1F. The largest absolute Gasteiger partial charge is 0.468 e. The molecule has 1 saturated carbocycles. The molecule has 1 unspecified atom stereocenters. The van der Waals surface area contributed by atoms with Crippen LogP contribution in [0.25, 0.3) is 0 Å². The lowest BCUT2D eigenvalue weighted by molar-refractivity contribution is -0.127. The van der Waals surface area contributed by atoms with Crippen molar-refractivity contribution in [1.82, 2.24) is 5.32 Å². The molecule has 2 aromatic rings. The number of thiophene rings is 1. The van der Waals surface area contributed by atoms with Crippen LogP contribution in [0.4, 0.5) is 4.39 Å². The molecule has 0 radical (unpaired) electrons. The van der Waals surface area contributed by atoms with E-state index in [4.69, 9.17) is 4.74 Å². The molecule has 2 aliphatic rings. The highest BCUT2D eigenvalue weighted by Gasteiger charge is 2.38.